The van der Waals surface area contributed by atoms with Crippen LogP contribution in [0.3, 0.4) is 0 Å². The Morgan fingerprint density at radius 1 is 1.06 bits per heavy atom. The number of benzene rings is 1. The summed E-state index contributed by atoms with van der Waals surface area (Å²) in [6.45, 7) is 3.28. The second kappa shape index (κ2) is 5.01. The quantitative estimate of drug-likeness (QED) is 0.564. The molecule has 0 saturated carbocycles. The maximum Gasteiger partial charge on any atom is 0.416 e. The Hall–Kier alpha value is -0.500. The normalized spacial score (nSPS) is 18.5. The zero-order chi connectivity index (χ0) is 12.5. The van der Waals surface area contributed by atoms with Crippen molar-refractivity contribution in [3.05, 3.63) is 29.8 Å². The Balaban J connectivity index is 2.16. The fraction of sp³-hybridized carbons (Fsp3) is 0.455. The van der Waals surface area contributed by atoms with Gasteiger partial charge >= 0.3 is 6.18 Å². The van der Waals surface area contributed by atoms with Crippen molar-refractivity contribution in [3.8, 4) is 0 Å². The molecule has 0 aromatic heterocycles. The van der Waals surface area contributed by atoms with Crippen LogP contribution in [0.15, 0.2) is 24.3 Å². The van der Waals surface area contributed by atoms with Gasteiger partial charge in [-0.3, -0.25) is 0 Å². The van der Waals surface area contributed by atoms with E-state index in [9.17, 15) is 13.2 Å². The molecule has 94 valence electrons. The Bertz CT molecular complexity index is 387. The molecule has 0 amide bonds. The molecule has 0 atom stereocenters. The number of halogens is 4. The molecular weight excluding hydrogens is 344 g/mol. The molecule has 17 heavy (non-hydrogen) atoms. The van der Waals surface area contributed by atoms with Gasteiger partial charge in [-0.05, 0) is 18.2 Å². The first-order chi connectivity index (χ1) is 7.97. The lowest BCUT2D eigenvalue weighted by Crippen LogP contribution is -2.42. The van der Waals surface area contributed by atoms with Gasteiger partial charge in [0, 0.05) is 54.7 Å². The van der Waals surface area contributed by atoms with Crippen molar-refractivity contribution in [2.75, 3.05) is 31.1 Å². The predicted octanol–water partition coefficient (Wildman–Crippen LogP) is 3.18. The molecular formula is C11H12F3IN2. The number of nitrogens with zero attached hydrogens (tertiary/aromatic N) is 2. The van der Waals surface area contributed by atoms with E-state index >= 15 is 0 Å². The van der Waals surface area contributed by atoms with E-state index in [-0.39, 0.29) is 0 Å². The van der Waals surface area contributed by atoms with E-state index in [1.54, 1.807) is 6.07 Å². The highest BCUT2D eigenvalue weighted by Gasteiger charge is 2.31. The molecule has 0 radical (unpaired) electrons. The van der Waals surface area contributed by atoms with Gasteiger partial charge in [-0.25, -0.2) is 3.11 Å². The average molecular weight is 356 g/mol. The van der Waals surface area contributed by atoms with Crippen LogP contribution in [0.2, 0.25) is 0 Å². The molecule has 2 rings (SSSR count). The smallest absolute Gasteiger partial charge is 0.369 e. The summed E-state index contributed by atoms with van der Waals surface area (Å²) < 4.78 is 39.8. The van der Waals surface area contributed by atoms with Crippen LogP contribution in [-0.4, -0.2) is 29.3 Å². The van der Waals surface area contributed by atoms with Crippen LogP contribution in [0.4, 0.5) is 18.9 Å². The second-order valence-corrected chi connectivity index (χ2v) is 5.31. The molecule has 1 heterocycles. The van der Waals surface area contributed by atoms with Gasteiger partial charge in [-0.15, -0.1) is 0 Å². The topological polar surface area (TPSA) is 6.48 Å². The van der Waals surface area contributed by atoms with Gasteiger partial charge in [0.15, 0.2) is 0 Å². The minimum absolute atomic E-state index is 0.577. The molecule has 0 bridgehead atoms. The third-order valence-electron chi connectivity index (χ3n) is 2.76. The molecule has 0 N–H and O–H groups in total. The van der Waals surface area contributed by atoms with Crippen LogP contribution in [0, 0.1) is 0 Å². The highest BCUT2D eigenvalue weighted by Crippen LogP contribution is 2.31. The molecule has 2 nitrogen and oxygen atoms in total. The minimum atomic E-state index is -4.26. The summed E-state index contributed by atoms with van der Waals surface area (Å²) in [7, 11) is 0. The average Bonchev–Trinajstić information content (AvgIpc) is 2.29. The van der Waals surface area contributed by atoms with Crippen molar-refractivity contribution in [2.24, 2.45) is 0 Å². The van der Waals surface area contributed by atoms with Gasteiger partial charge in [0.1, 0.15) is 0 Å². The molecule has 1 aromatic carbocycles. The summed E-state index contributed by atoms with van der Waals surface area (Å²) in [5, 5.41) is 0. The number of hydrogen-bond acceptors (Lipinski definition) is 2. The molecule has 1 aliphatic heterocycles. The maximum atomic E-state index is 12.6. The molecule has 1 fully saturated rings. The molecule has 6 heteroatoms. The van der Waals surface area contributed by atoms with E-state index in [1.165, 1.54) is 12.1 Å². The van der Waals surface area contributed by atoms with Crippen LogP contribution < -0.4 is 4.90 Å². The Labute approximate surface area is 112 Å². The zero-order valence-corrected chi connectivity index (χ0v) is 11.2. The van der Waals surface area contributed by atoms with Crippen molar-refractivity contribution in [1.82, 2.24) is 3.11 Å². The molecule has 1 aliphatic rings. The molecule has 0 unspecified atom stereocenters. The highest BCUT2D eigenvalue weighted by atomic mass is 127. The van der Waals surface area contributed by atoms with Gasteiger partial charge in [0.2, 0.25) is 0 Å². The number of piperazine rings is 1. The van der Waals surface area contributed by atoms with E-state index in [0.29, 0.717) is 5.69 Å². The van der Waals surface area contributed by atoms with Gasteiger partial charge in [0.25, 0.3) is 0 Å². The van der Waals surface area contributed by atoms with Crippen molar-refractivity contribution in [2.45, 2.75) is 6.18 Å². The Morgan fingerprint density at radius 2 is 1.71 bits per heavy atom. The van der Waals surface area contributed by atoms with E-state index in [1.807, 2.05) is 4.90 Å². The summed E-state index contributed by atoms with van der Waals surface area (Å²) in [5.74, 6) is 0. The SMILES string of the molecule is FC(F)(F)c1cccc(N2CCN(I)CC2)c1. The fourth-order valence-corrected chi connectivity index (χ4v) is 2.25. The van der Waals surface area contributed by atoms with E-state index in [0.717, 1.165) is 32.2 Å². The first kappa shape index (κ1) is 12.9. The van der Waals surface area contributed by atoms with Crippen molar-refractivity contribution >= 4 is 28.6 Å². The van der Waals surface area contributed by atoms with Crippen LogP contribution in [0.5, 0.6) is 0 Å². The van der Waals surface area contributed by atoms with Crippen LogP contribution in [-0.2, 0) is 6.18 Å². The fourth-order valence-electron chi connectivity index (χ4n) is 1.82. The third kappa shape index (κ3) is 3.25. The lowest BCUT2D eigenvalue weighted by molar-refractivity contribution is -0.137. The van der Waals surface area contributed by atoms with Crippen LogP contribution >= 0.6 is 22.9 Å². The van der Waals surface area contributed by atoms with Gasteiger partial charge in [0.05, 0.1) is 5.56 Å². The molecule has 0 spiro atoms. The minimum Gasteiger partial charge on any atom is -0.369 e. The number of rotatable bonds is 1. The van der Waals surface area contributed by atoms with Crippen molar-refractivity contribution in [1.29, 1.82) is 0 Å². The van der Waals surface area contributed by atoms with Gasteiger partial charge in [-0.1, -0.05) is 6.07 Å². The summed E-state index contributed by atoms with van der Waals surface area (Å²) in [4.78, 5) is 1.99. The summed E-state index contributed by atoms with van der Waals surface area (Å²) in [6, 6.07) is 5.54. The maximum absolute atomic E-state index is 12.6. The standard InChI is InChI=1S/C11H12F3IN2/c12-11(13,14)9-2-1-3-10(8-9)16-4-6-17(15)7-5-16/h1-3,8H,4-7H2. The summed E-state index contributed by atoms with van der Waals surface area (Å²) >= 11 is 2.23. The first-order valence-electron chi connectivity index (χ1n) is 5.30. The van der Waals surface area contributed by atoms with Crippen LogP contribution in [0.1, 0.15) is 5.56 Å². The number of anilines is 1. The predicted molar refractivity (Wildman–Crippen MR) is 69.3 cm³/mol. The van der Waals surface area contributed by atoms with E-state index < -0.39 is 11.7 Å². The van der Waals surface area contributed by atoms with Gasteiger partial charge < -0.3 is 4.90 Å². The van der Waals surface area contributed by atoms with Crippen LogP contribution in [0.25, 0.3) is 0 Å². The summed E-state index contributed by atoms with van der Waals surface area (Å²) in [6.07, 6.45) is -4.26. The largest absolute Gasteiger partial charge is 0.416 e. The zero-order valence-electron chi connectivity index (χ0n) is 9.04. The third-order valence-corrected chi connectivity index (χ3v) is 3.73. The first-order valence-corrected chi connectivity index (χ1v) is 6.26. The Kier molecular flexibility index (Phi) is 3.82. The van der Waals surface area contributed by atoms with E-state index in [2.05, 4.69) is 26.0 Å². The number of hydrogen-bond donors (Lipinski definition) is 0. The van der Waals surface area contributed by atoms with Crippen molar-refractivity contribution < 1.29 is 13.2 Å². The Morgan fingerprint density at radius 3 is 2.29 bits per heavy atom. The van der Waals surface area contributed by atoms with E-state index in [4.69, 9.17) is 0 Å². The molecule has 0 aliphatic carbocycles. The lowest BCUT2D eigenvalue weighted by atomic mass is 10.1. The molecule has 1 aromatic rings. The highest BCUT2D eigenvalue weighted by molar-refractivity contribution is 14.1. The van der Waals surface area contributed by atoms with Crippen molar-refractivity contribution in [3.63, 3.8) is 0 Å². The monoisotopic (exact) mass is 356 g/mol. The van der Waals surface area contributed by atoms with Gasteiger partial charge in [-0.2, -0.15) is 13.2 Å². The molecule has 1 saturated heterocycles. The second-order valence-electron chi connectivity index (χ2n) is 3.95. The lowest BCUT2D eigenvalue weighted by Gasteiger charge is -2.33. The summed E-state index contributed by atoms with van der Waals surface area (Å²) in [5.41, 5.74) is 0.0798. The number of alkyl halides is 3.